The summed E-state index contributed by atoms with van der Waals surface area (Å²) in [5.74, 6) is 1.50. The number of rotatable bonds is 7. The predicted octanol–water partition coefficient (Wildman–Crippen LogP) is 4.32. The van der Waals surface area contributed by atoms with E-state index in [0.29, 0.717) is 12.5 Å². The molecule has 0 saturated carbocycles. The van der Waals surface area contributed by atoms with Crippen molar-refractivity contribution in [1.82, 2.24) is 0 Å². The first-order valence-corrected chi connectivity index (χ1v) is 8.14. The van der Waals surface area contributed by atoms with Crippen LogP contribution in [0.15, 0.2) is 48.5 Å². The lowest BCUT2D eigenvalue weighted by Gasteiger charge is -2.14. The summed E-state index contributed by atoms with van der Waals surface area (Å²) in [6, 6.07) is 17.2. The Kier molecular flexibility index (Phi) is 6.02. The van der Waals surface area contributed by atoms with Gasteiger partial charge < -0.3 is 10.5 Å². The number of ether oxygens (including phenoxy) is 1. The Hall–Kier alpha value is -1.80. The SMILES string of the molecule is CCOc1cccc(CC(N)Cc2ccc(C(C)C)cc2)c1. The maximum absolute atomic E-state index is 6.32. The van der Waals surface area contributed by atoms with Crippen LogP contribution in [-0.4, -0.2) is 12.6 Å². The lowest BCUT2D eigenvalue weighted by molar-refractivity contribution is 0.340. The molecule has 2 aromatic carbocycles. The van der Waals surface area contributed by atoms with E-state index in [0.717, 1.165) is 18.6 Å². The summed E-state index contributed by atoms with van der Waals surface area (Å²) in [6.07, 6.45) is 1.77. The van der Waals surface area contributed by atoms with Gasteiger partial charge in [-0.15, -0.1) is 0 Å². The average molecular weight is 297 g/mol. The molecule has 0 aromatic heterocycles. The molecule has 2 heteroatoms. The molecule has 0 aliphatic rings. The largest absolute Gasteiger partial charge is 0.494 e. The molecule has 0 heterocycles. The van der Waals surface area contributed by atoms with Gasteiger partial charge >= 0.3 is 0 Å². The standard InChI is InChI=1S/C20H27NO/c1-4-22-20-7-5-6-17(14-20)13-19(21)12-16-8-10-18(11-9-16)15(2)3/h5-11,14-15,19H,4,12-13,21H2,1-3H3. The molecule has 0 amide bonds. The highest BCUT2D eigenvalue weighted by Gasteiger charge is 2.07. The van der Waals surface area contributed by atoms with Gasteiger partial charge in [0.25, 0.3) is 0 Å². The van der Waals surface area contributed by atoms with Gasteiger partial charge in [0.05, 0.1) is 6.61 Å². The van der Waals surface area contributed by atoms with Crippen LogP contribution in [0.4, 0.5) is 0 Å². The smallest absolute Gasteiger partial charge is 0.119 e. The Balaban J connectivity index is 1.94. The zero-order valence-corrected chi connectivity index (χ0v) is 13.9. The number of nitrogens with two attached hydrogens (primary N) is 1. The second kappa shape index (κ2) is 8.00. The Morgan fingerprint density at radius 3 is 2.27 bits per heavy atom. The monoisotopic (exact) mass is 297 g/mol. The van der Waals surface area contributed by atoms with E-state index >= 15 is 0 Å². The van der Waals surface area contributed by atoms with E-state index in [-0.39, 0.29) is 6.04 Å². The number of hydrogen-bond donors (Lipinski definition) is 1. The molecule has 2 rings (SSSR count). The zero-order chi connectivity index (χ0) is 15.9. The van der Waals surface area contributed by atoms with Crippen LogP contribution in [0.25, 0.3) is 0 Å². The third-order valence-corrected chi connectivity index (χ3v) is 3.85. The maximum atomic E-state index is 6.32. The van der Waals surface area contributed by atoms with Gasteiger partial charge in [-0.25, -0.2) is 0 Å². The van der Waals surface area contributed by atoms with Crippen molar-refractivity contribution in [2.75, 3.05) is 6.61 Å². The molecular formula is C20H27NO. The molecule has 0 saturated heterocycles. The average Bonchev–Trinajstić information content (AvgIpc) is 2.48. The van der Waals surface area contributed by atoms with Gasteiger partial charge in [-0.1, -0.05) is 50.2 Å². The molecular weight excluding hydrogens is 270 g/mol. The van der Waals surface area contributed by atoms with E-state index in [1.807, 2.05) is 19.1 Å². The number of benzene rings is 2. The minimum absolute atomic E-state index is 0.127. The molecule has 0 spiro atoms. The summed E-state index contributed by atoms with van der Waals surface area (Å²) < 4.78 is 5.54. The van der Waals surface area contributed by atoms with E-state index < -0.39 is 0 Å². The van der Waals surface area contributed by atoms with E-state index in [2.05, 4.69) is 50.2 Å². The van der Waals surface area contributed by atoms with Crippen LogP contribution >= 0.6 is 0 Å². The second-order valence-corrected chi connectivity index (χ2v) is 6.15. The van der Waals surface area contributed by atoms with Gasteiger partial charge in [-0.05, 0) is 54.5 Å². The number of hydrogen-bond acceptors (Lipinski definition) is 2. The summed E-state index contributed by atoms with van der Waals surface area (Å²) in [5, 5.41) is 0. The maximum Gasteiger partial charge on any atom is 0.119 e. The second-order valence-electron chi connectivity index (χ2n) is 6.15. The van der Waals surface area contributed by atoms with Crippen molar-refractivity contribution >= 4 is 0 Å². The van der Waals surface area contributed by atoms with Gasteiger partial charge in [-0.3, -0.25) is 0 Å². The molecule has 0 radical (unpaired) electrons. The minimum atomic E-state index is 0.127. The lowest BCUT2D eigenvalue weighted by Crippen LogP contribution is -2.25. The van der Waals surface area contributed by atoms with Crippen LogP contribution in [0.2, 0.25) is 0 Å². The van der Waals surface area contributed by atoms with Crippen LogP contribution in [-0.2, 0) is 12.8 Å². The summed E-state index contributed by atoms with van der Waals surface area (Å²) in [7, 11) is 0. The van der Waals surface area contributed by atoms with Crippen LogP contribution in [0.5, 0.6) is 5.75 Å². The highest BCUT2D eigenvalue weighted by molar-refractivity contribution is 5.30. The topological polar surface area (TPSA) is 35.2 Å². The predicted molar refractivity (Wildman–Crippen MR) is 93.5 cm³/mol. The summed E-state index contributed by atoms with van der Waals surface area (Å²) in [6.45, 7) is 7.12. The van der Waals surface area contributed by atoms with Gasteiger partial charge in [0.2, 0.25) is 0 Å². The third-order valence-electron chi connectivity index (χ3n) is 3.85. The van der Waals surface area contributed by atoms with Crippen molar-refractivity contribution < 1.29 is 4.74 Å². The highest BCUT2D eigenvalue weighted by Crippen LogP contribution is 2.17. The minimum Gasteiger partial charge on any atom is -0.494 e. The van der Waals surface area contributed by atoms with Crippen LogP contribution in [0.3, 0.4) is 0 Å². The molecule has 0 aliphatic carbocycles. The van der Waals surface area contributed by atoms with Gasteiger partial charge in [0.1, 0.15) is 5.75 Å². The van der Waals surface area contributed by atoms with Crippen LogP contribution < -0.4 is 10.5 Å². The summed E-state index contributed by atoms with van der Waals surface area (Å²) in [4.78, 5) is 0. The van der Waals surface area contributed by atoms with Gasteiger partial charge in [0, 0.05) is 6.04 Å². The first kappa shape index (κ1) is 16.6. The van der Waals surface area contributed by atoms with Crippen molar-refractivity contribution in [1.29, 1.82) is 0 Å². The first-order valence-electron chi connectivity index (χ1n) is 8.14. The molecule has 1 atom stereocenters. The molecule has 22 heavy (non-hydrogen) atoms. The lowest BCUT2D eigenvalue weighted by atomic mass is 9.97. The first-order chi connectivity index (χ1) is 10.6. The van der Waals surface area contributed by atoms with Crippen LogP contribution in [0, 0.1) is 0 Å². The van der Waals surface area contributed by atoms with E-state index in [1.165, 1.54) is 16.7 Å². The fraction of sp³-hybridized carbons (Fsp3) is 0.400. The van der Waals surface area contributed by atoms with E-state index in [4.69, 9.17) is 10.5 Å². The van der Waals surface area contributed by atoms with Crippen molar-refractivity contribution in [2.45, 2.75) is 45.6 Å². The highest BCUT2D eigenvalue weighted by atomic mass is 16.5. The van der Waals surface area contributed by atoms with Crippen molar-refractivity contribution in [3.8, 4) is 5.75 Å². The molecule has 0 bridgehead atoms. The Morgan fingerprint density at radius 2 is 1.64 bits per heavy atom. The third kappa shape index (κ3) is 4.88. The Labute approximate surface area is 134 Å². The quantitative estimate of drug-likeness (QED) is 0.826. The summed E-state index contributed by atoms with van der Waals surface area (Å²) in [5.41, 5.74) is 10.2. The molecule has 1 unspecified atom stereocenters. The molecule has 0 fully saturated rings. The van der Waals surface area contributed by atoms with Crippen LogP contribution in [0.1, 0.15) is 43.4 Å². The van der Waals surface area contributed by atoms with Crippen molar-refractivity contribution in [3.63, 3.8) is 0 Å². The fourth-order valence-corrected chi connectivity index (χ4v) is 2.65. The van der Waals surface area contributed by atoms with E-state index in [1.54, 1.807) is 0 Å². The van der Waals surface area contributed by atoms with Crippen molar-refractivity contribution in [3.05, 3.63) is 65.2 Å². The van der Waals surface area contributed by atoms with Crippen molar-refractivity contribution in [2.24, 2.45) is 5.73 Å². The zero-order valence-electron chi connectivity index (χ0n) is 13.9. The molecule has 118 valence electrons. The molecule has 0 aliphatic heterocycles. The molecule has 2 N–H and O–H groups in total. The Bertz CT molecular complexity index is 575. The summed E-state index contributed by atoms with van der Waals surface area (Å²) >= 11 is 0. The fourth-order valence-electron chi connectivity index (χ4n) is 2.65. The van der Waals surface area contributed by atoms with E-state index in [9.17, 15) is 0 Å². The van der Waals surface area contributed by atoms with Gasteiger partial charge in [0.15, 0.2) is 0 Å². The molecule has 2 aromatic rings. The normalized spacial score (nSPS) is 12.4. The Morgan fingerprint density at radius 1 is 0.955 bits per heavy atom. The molecule has 2 nitrogen and oxygen atoms in total. The van der Waals surface area contributed by atoms with Gasteiger partial charge in [-0.2, -0.15) is 0 Å².